The molecule has 0 aromatic heterocycles. The van der Waals surface area contributed by atoms with Crippen LogP contribution in [0.4, 0.5) is 4.39 Å². The maximum Gasteiger partial charge on any atom is 0.126 e. The maximum absolute atomic E-state index is 13.2. The van der Waals surface area contributed by atoms with Crippen LogP contribution in [0.15, 0.2) is 18.2 Å². The van der Waals surface area contributed by atoms with Crippen LogP contribution in [-0.2, 0) is 0 Å². The molecule has 0 aliphatic heterocycles. The fourth-order valence-corrected chi connectivity index (χ4v) is 2.49. The van der Waals surface area contributed by atoms with Crippen molar-refractivity contribution in [1.82, 2.24) is 0 Å². The zero-order valence-electron chi connectivity index (χ0n) is 11.2. The van der Waals surface area contributed by atoms with Gasteiger partial charge < -0.3 is 9.84 Å². The summed E-state index contributed by atoms with van der Waals surface area (Å²) >= 11 is 0. The summed E-state index contributed by atoms with van der Waals surface area (Å²) in [7, 11) is 0. The van der Waals surface area contributed by atoms with Gasteiger partial charge in [0.1, 0.15) is 17.7 Å². The quantitative estimate of drug-likeness (QED) is 0.873. The molecule has 1 aliphatic rings. The van der Waals surface area contributed by atoms with Gasteiger partial charge in [0.05, 0.1) is 6.10 Å². The summed E-state index contributed by atoms with van der Waals surface area (Å²) in [5, 5.41) is 9.99. The van der Waals surface area contributed by atoms with E-state index in [9.17, 15) is 9.50 Å². The predicted octanol–water partition coefficient (Wildman–Crippen LogP) is 3.45. The van der Waals surface area contributed by atoms with E-state index in [0.717, 1.165) is 19.3 Å². The van der Waals surface area contributed by atoms with Crippen molar-refractivity contribution in [2.75, 3.05) is 0 Å². The molecule has 0 bridgehead atoms. The lowest BCUT2D eigenvalue weighted by atomic mass is 9.75. The molecular weight excluding hydrogens is 231 g/mol. The summed E-state index contributed by atoms with van der Waals surface area (Å²) < 4.78 is 19.0. The molecule has 18 heavy (non-hydrogen) atoms. The van der Waals surface area contributed by atoms with E-state index in [1.165, 1.54) is 6.07 Å². The Bertz CT molecular complexity index is 429. The van der Waals surface area contributed by atoms with E-state index >= 15 is 0 Å². The summed E-state index contributed by atoms with van der Waals surface area (Å²) in [6.45, 7) is 6.08. The second-order valence-electron chi connectivity index (χ2n) is 6.04. The van der Waals surface area contributed by atoms with Crippen LogP contribution in [0.1, 0.15) is 38.7 Å². The number of ether oxygens (including phenoxy) is 1. The predicted molar refractivity (Wildman–Crippen MR) is 69.2 cm³/mol. The van der Waals surface area contributed by atoms with Gasteiger partial charge in [-0.15, -0.1) is 0 Å². The number of hydrogen-bond donors (Lipinski definition) is 1. The maximum atomic E-state index is 13.2. The van der Waals surface area contributed by atoms with Crippen molar-refractivity contribution >= 4 is 0 Å². The lowest BCUT2D eigenvalue weighted by Gasteiger charge is -2.38. The molecule has 1 saturated carbocycles. The van der Waals surface area contributed by atoms with Gasteiger partial charge in [0, 0.05) is 0 Å². The minimum absolute atomic E-state index is 0.193. The van der Waals surface area contributed by atoms with Crippen LogP contribution in [0.3, 0.4) is 0 Å². The largest absolute Gasteiger partial charge is 0.488 e. The molecule has 0 radical (unpaired) electrons. The second kappa shape index (κ2) is 4.88. The van der Waals surface area contributed by atoms with Crippen molar-refractivity contribution in [2.24, 2.45) is 5.41 Å². The van der Waals surface area contributed by atoms with Crippen molar-refractivity contribution in [2.45, 2.75) is 52.2 Å². The average Bonchev–Trinajstić information content (AvgIpc) is 2.28. The van der Waals surface area contributed by atoms with Crippen LogP contribution in [0.25, 0.3) is 0 Å². The average molecular weight is 252 g/mol. The highest BCUT2D eigenvalue weighted by Crippen LogP contribution is 2.37. The van der Waals surface area contributed by atoms with E-state index in [-0.39, 0.29) is 17.3 Å². The Morgan fingerprint density at radius 2 is 2.11 bits per heavy atom. The zero-order chi connectivity index (χ0) is 13.3. The van der Waals surface area contributed by atoms with Crippen molar-refractivity contribution in [3.05, 3.63) is 29.6 Å². The number of aryl methyl sites for hydroxylation is 1. The highest BCUT2D eigenvalue weighted by molar-refractivity contribution is 5.29. The van der Waals surface area contributed by atoms with Crippen molar-refractivity contribution in [3.63, 3.8) is 0 Å². The van der Waals surface area contributed by atoms with Crippen LogP contribution in [0.2, 0.25) is 0 Å². The summed E-state index contributed by atoms with van der Waals surface area (Å²) in [5.74, 6) is 0.405. The summed E-state index contributed by atoms with van der Waals surface area (Å²) in [4.78, 5) is 0. The zero-order valence-corrected chi connectivity index (χ0v) is 11.2. The van der Waals surface area contributed by atoms with E-state index in [0.29, 0.717) is 11.3 Å². The third-order valence-electron chi connectivity index (χ3n) is 3.72. The van der Waals surface area contributed by atoms with Gasteiger partial charge in [0.2, 0.25) is 0 Å². The second-order valence-corrected chi connectivity index (χ2v) is 6.04. The van der Waals surface area contributed by atoms with Crippen molar-refractivity contribution in [3.8, 4) is 5.75 Å². The number of hydrogen-bond acceptors (Lipinski definition) is 2. The first-order chi connectivity index (χ1) is 8.37. The van der Waals surface area contributed by atoms with E-state index in [4.69, 9.17) is 4.74 Å². The monoisotopic (exact) mass is 252 g/mol. The molecule has 1 fully saturated rings. The molecule has 2 rings (SSSR count). The van der Waals surface area contributed by atoms with Gasteiger partial charge in [-0.05, 0) is 55.4 Å². The molecule has 0 amide bonds. The minimum Gasteiger partial charge on any atom is -0.488 e. The molecular formula is C15H21FO2. The van der Waals surface area contributed by atoms with E-state index < -0.39 is 6.10 Å². The lowest BCUT2D eigenvalue weighted by Crippen LogP contribution is -2.41. The SMILES string of the molecule is Cc1cc(OC2CC(C)(C)CCC2O)ccc1F. The number of halogens is 1. The Morgan fingerprint density at radius 3 is 2.78 bits per heavy atom. The van der Waals surface area contributed by atoms with Crippen LogP contribution in [0, 0.1) is 18.2 Å². The third kappa shape index (κ3) is 3.02. The first-order valence-corrected chi connectivity index (χ1v) is 6.48. The molecule has 0 saturated heterocycles. The van der Waals surface area contributed by atoms with Crippen LogP contribution in [-0.4, -0.2) is 17.3 Å². The molecule has 3 heteroatoms. The standard InChI is InChI=1S/C15H21FO2/c1-10-8-11(4-5-12(10)16)18-14-9-15(2,3)7-6-13(14)17/h4-5,8,13-14,17H,6-7,9H2,1-3H3. The Kier molecular flexibility index (Phi) is 3.62. The third-order valence-corrected chi connectivity index (χ3v) is 3.72. The normalized spacial score (nSPS) is 26.9. The van der Waals surface area contributed by atoms with Gasteiger partial charge in [-0.25, -0.2) is 4.39 Å². The molecule has 1 aromatic rings. The van der Waals surface area contributed by atoms with Crippen molar-refractivity contribution < 1.29 is 14.2 Å². The van der Waals surface area contributed by atoms with Gasteiger partial charge in [-0.2, -0.15) is 0 Å². The summed E-state index contributed by atoms with van der Waals surface area (Å²) in [6, 6.07) is 4.71. The Hall–Kier alpha value is -1.09. The molecule has 0 spiro atoms. The molecule has 1 aromatic carbocycles. The van der Waals surface area contributed by atoms with Gasteiger partial charge >= 0.3 is 0 Å². The van der Waals surface area contributed by atoms with E-state index in [1.807, 2.05) is 0 Å². The van der Waals surface area contributed by atoms with Crippen LogP contribution < -0.4 is 4.74 Å². The number of rotatable bonds is 2. The van der Waals surface area contributed by atoms with Gasteiger partial charge in [0.15, 0.2) is 0 Å². The minimum atomic E-state index is -0.427. The highest BCUT2D eigenvalue weighted by atomic mass is 19.1. The van der Waals surface area contributed by atoms with E-state index in [1.54, 1.807) is 19.1 Å². The van der Waals surface area contributed by atoms with Gasteiger partial charge in [-0.3, -0.25) is 0 Å². The summed E-state index contributed by atoms with van der Waals surface area (Å²) in [5.41, 5.74) is 0.760. The molecule has 2 atom stereocenters. The fraction of sp³-hybridized carbons (Fsp3) is 0.600. The Morgan fingerprint density at radius 1 is 1.39 bits per heavy atom. The topological polar surface area (TPSA) is 29.5 Å². The highest BCUT2D eigenvalue weighted by Gasteiger charge is 2.35. The first-order valence-electron chi connectivity index (χ1n) is 6.48. The molecule has 1 aliphatic carbocycles. The smallest absolute Gasteiger partial charge is 0.126 e. The number of benzene rings is 1. The van der Waals surface area contributed by atoms with Gasteiger partial charge in [0.25, 0.3) is 0 Å². The molecule has 100 valence electrons. The molecule has 0 heterocycles. The molecule has 2 nitrogen and oxygen atoms in total. The van der Waals surface area contributed by atoms with Gasteiger partial charge in [-0.1, -0.05) is 13.8 Å². The lowest BCUT2D eigenvalue weighted by molar-refractivity contribution is -0.0304. The summed E-state index contributed by atoms with van der Waals surface area (Å²) in [6.07, 6.45) is 1.97. The number of aliphatic hydroxyl groups excluding tert-OH is 1. The molecule has 2 unspecified atom stereocenters. The molecule has 1 N–H and O–H groups in total. The van der Waals surface area contributed by atoms with Crippen molar-refractivity contribution in [1.29, 1.82) is 0 Å². The first kappa shape index (κ1) is 13.3. The Labute approximate surface area is 108 Å². The fourth-order valence-electron chi connectivity index (χ4n) is 2.49. The number of aliphatic hydroxyl groups is 1. The van der Waals surface area contributed by atoms with E-state index in [2.05, 4.69) is 13.8 Å². The van der Waals surface area contributed by atoms with Crippen LogP contribution in [0.5, 0.6) is 5.75 Å². The Balaban J connectivity index is 2.09. The van der Waals surface area contributed by atoms with Crippen LogP contribution >= 0.6 is 0 Å².